The van der Waals surface area contributed by atoms with E-state index in [0.29, 0.717) is 0 Å². The van der Waals surface area contributed by atoms with Gasteiger partial charge in [-0.1, -0.05) is 62.1 Å². The molecule has 0 aromatic heterocycles. The van der Waals surface area contributed by atoms with Crippen LogP contribution in [0.25, 0.3) is 10.8 Å². The molecular formula is C22H28N2O. The molecule has 0 spiro atoms. The molecule has 2 fully saturated rings. The summed E-state index contributed by atoms with van der Waals surface area (Å²) >= 11 is 0. The van der Waals surface area contributed by atoms with Gasteiger partial charge in [0.1, 0.15) is 0 Å². The number of benzene rings is 2. The molecule has 0 N–H and O–H groups in total. The van der Waals surface area contributed by atoms with Crippen LogP contribution in [-0.4, -0.2) is 47.9 Å². The fourth-order valence-corrected chi connectivity index (χ4v) is 4.50. The summed E-state index contributed by atoms with van der Waals surface area (Å²) in [6, 6.07) is 15.0. The second-order valence-electron chi connectivity index (χ2n) is 7.50. The summed E-state index contributed by atoms with van der Waals surface area (Å²) in [4.78, 5) is 17.7. The van der Waals surface area contributed by atoms with Crippen LogP contribution in [0.2, 0.25) is 0 Å². The highest BCUT2D eigenvalue weighted by Gasteiger charge is 2.27. The van der Waals surface area contributed by atoms with E-state index >= 15 is 0 Å². The molecule has 132 valence electrons. The van der Waals surface area contributed by atoms with Crippen LogP contribution < -0.4 is 0 Å². The first kappa shape index (κ1) is 16.6. The number of hydrogen-bond donors (Lipinski definition) is 0. The van der Waals surface area contributed by atoms with Gasteiger partial charge in [0.15, 0.2) is 0 Å². The summed E-state index contributed by atoms with van der Waals surface area (Å²) in [6.07, 6.45) is 8.24. The number of nitrogens with zero attached hydrogens (tertiary/aromatic N) is 2. The molecule has 0 unspecified atom stereocenters. The van der Waals surface area contributed by atoms with E-state index in [1.165, 1.54) is 38.5 Å². The maximum Gasteiger partial charge on any atom is 0.254 e. The summed E-state index contributed by atoms with van der Waals surface area (Å²) in [7, 11) is 0. The van der Waals surface area contributed by atoms with E-state index in [-0.39, 0.29) is 5.91 Å². The van der Waals surface area contributed by atoms with Crippen molar-refractivity contribution >= 4 is 16.7 Å². The van der Waals surface area contributed by atoms with Gasteiger partial charge in [-0.05, 0) is 29.7 Å². The molecule has 1 aliphatic heterocycles. The number of fused-ring (bicyclic) bond motifs is 1. The predicted molar refractivity (Wildman–Crippen MR) is 103 cm³/mol. The van der Waals surface area contributed by atoms with Gasteiger partial charge < -0.3 is 4.90 Å². The lowest BCUT2D eigenvalue weighted by Gasteiger charge is -2.39. The van der Waals surface area contributed by atoms with E-state index in [9.17, 15) is 4.79 Å². The number of carbonyl (C=O) groups excluding carboxylic acids is 1. The van der Waals surface area contributed by atoms with Crippen molar-refractivity contribution in [3.8, 4) is 0 Å². The lowest BCUT2D eigenvalue weighted by Crippen LogP contribution is -2.51. The third-order valence-electron chi connectivity index (χ3n) is 5.96. The van der Waals surface area contributed by atoms with Gasteiger partial charge >= 0.3 is 0 Å². The second kappa shape index (κ2) is 7.57. The van der Waals surface area contributed by atoms with Crippen molar-refractivity contribution in [1.29, 1.82) is 0 Å². The van der Waals surface area contributed by atoms with Gasteiger partial charge in [-0.15, -0.1) is 0 Å². The summed E-state index contributed by atoms with van der Waals surface area (Å²) in [5, 5.41) is 2.21. The minimum Gasteiger partial charge on any atom is -0.336 e. The van der Waals surface area contributed by atoms with E-state index in [1.807, 2.05) is 24.3 Å². The molecule has 2 aromatic rings. The lowest BCUT2D eigenvalue weighted by atomic mass is 10.0. The quantitative estimate of drug-likeness (QED) is 0.763. The zero-order chi connectivity index (χ0) is 17.1. The van der Waals surface area contributed by atoms with Crippen LogP contribution in [0.4, 0.5) is 0 Å². The number of rotatable bonds is 2. The molecule has 3 nitrogen and oxygen atoms in total. The van der Waals surface area contributed by atoms with Crippen molar-refractivity contribution in [3.63, 3.8) is 0 Å². The third-order valence-corrected chi connectivity index (χ3v) is 5.96. The maximum atomic E-state index is 13.1. The van der Waals surface area contributed by atoms with Gasteiger partial charge in [-0.3, -0.25) is 9.69 Å². The molecule has 1 amide bonds. The molecule has 4 rings (SSSR count). The Balaban J connectivity index is 1.44. The molecule has 1 heterocycles. The number of hydrogen-bond acceptors (Lipinski definition) is 2. The SMILES string of the molecule is O=C(c1cccc2ccccc12)N1CCN(C2CCCCCC2)CC1. The standard InChI is InChI=1S/C22H28N2O/c25-22(21-13-7-9-18-8-5-6-12-20(18)21)24-16-14-23(15-17-24)19-10-3-1-2-4-11-19/h5-9,12-13,19H,1-4,10-11,14-17H2. The molecule has 0 radical (unpaired) electrons. The van der Waals surface area contributed by atoms with Crippen LogP contribution in [0.3, 0.4) is 0 Å². The molecule has 3 heteroatoms. The fourth-order valence-electron chi connectivity index (χ4n) is 4.50. The van der Waals surface area contributed by atoms with Crippen LogP contribution in [-0.2, 0) is 0 Å². The summed E-state index contributed by atoms with van der Waals surface area (Å²) in [5.41, 5.74) is 0.848. The first-order chi connectivity index (χ1) is 12.3. The lowest BCUT2D eigenvalue weighted by molar-refractivity contribution is 0.0553. The third kappa shape index (κ3) is 3.57. The Bertz CT molecular complexity index is 720. The minimum absolute atomic E-state index is 0.192. The normalized spacial score (nSPS) is 20.6. The highest BCUT2D eigenvalue weighted by atomic mass is 16.2. The van der Waals surface area contributed by atoms with Crippen molar-refractivity contribution in [3.05, 3.63) is 48.0 Å². The van der Waals surface area contributed by atoms with Crippen LogP contribution >= 0.6 is 0 Å². The van der Waals surface area contributed by atoms with Crippen molar-refractivity contribution < 1.29 is 4.79 Å². The summed E-state index contributed by atoms with van der Waals surface area (Å²) in [5.74, 6) is 0.192. The number of amides is 1. The van der Waals surface area contributed by atoms with Gasteiger partial charge in [-0.25, -0.2) is 0 Å². The first-order valence-electron chi connectivity index (χ1n) is 9.84. The minimum atomic E-state index is 0.192. The van der Waals surface area contributed by atoms with Crippen LogP contribution in [0.1, 0.15) is 48.9 Å². The molecule has 1 saturated heterocycles. The predicted octanol–water partition coefficient (Wildman–Crippen LogP) is 4.32. The monoisotopic (exact) mass is 336 g/mol. The Morgan fingerprint density at radius 3 is 2.24 bits per heavy atom. The maximum absolute atomic E-state index is 13.1. The number of carbonyl (C=O) groups is 1. The van der Waals surface area contributed by atoms with Gasteiger partial charge in [0.05, 0.1) is 0 Å². The molecule has 1 saturated carbocycles. The highest BCUT2D eigenvalue weighted by molar-refractivity contribution is 6.07. The van der Waals surface area contributed by atoms with Gasteiger partial charge in [-0.2, -0.15) is 0 Å². The van der Waals surface area contributed by atoms with E-state index in [2.05, 4.69) is 28.0 Å². The first-order valence-corrected chi connectivity index (χ1v) is 9.84. The number of piperazine rings is 1. The Morgan fingerprint density at radius 2 is 1.48 bits per heavy atom. The van der Waals surface area contributed by atoms with Crippen LogP contribution in [0.15, 0.2) is 42.5 Å². The Hall–Kier alpha value is -1.87. The van der Waals surface area contributed by atoms with Crippen LogP contribution in [0.5, 0.6) is 0 Å². The largest absolute Gasteiger partial charge is 0.336 e. The summed E-state index contributed by atoms with van der Waals surface area (Å²) in [6.45, 7) is 3.78. The molecule has 0 atom stereocenters. The zero-order valence-electron chi connectivity index (χ0n) is 15.0. The molecule has 1 aliphatic carbocycles. The van der Waals surface area contributed by atoms with Gasteiger partial charge in [0, 0.05) is 37.8 Å². The fraction of sp³-hybridized carbons (Fsp3) is 0.500. The topological polar surface area (TPSA) is 23.6 Å². The summed E-state index contributed by atoms with van der Waals surface area (Å²) < 4.78 is 0. The molecule has 0 bridgehead atoms. The van der Waals surface area contributed by atoms with Gasteiger partial charge in [0.2, 0.25) is 0 Å². The average molecular weight is 336 g/mol. The molecule has 2 aliphatic rings. The smallest absolute Gasteiger partial charge is 0.254 e. The van der Waals surface area contributed by atoms with E-state index in [0.717, 1.165) is 48.6 Å². The van der Waals surface area contributed by atoms with E-state index < -0.39 is 0 Å². The molecular weight excluding hydrogens is 308 g/mol. The van der Waals surface area contributed by atoms with E-state index in [1.54, 1.807) is 0 Å². The zero-order valence-corrected chi connectivity index (χ0v) is 15.0. The highest BCUT2D eigenvalue weighted by Crippen LogP contribution is 2.24. The Morgan fingerprint density at radius 1 is 0.800 bits per heavy atom. The van der Waals surface area contributed by atoms with Crippen molar-refractivity contribution in [2.24, 2.45) is 0 Å². The molecule has 25 heavy (non-hydrogen) atoms. The Kier molecular flexibility index (Phi) is 5.02. The second-order valence-corrected chi connectivity index (χ2v) is 7.50. The van der Waals surface area contributed by atoms with Crippen LogP contribution in [0, 0.1) is 0 Å². The Labute approximate surface area is 150 Å². The average Bonchev–Trinajstić information content (AvgIpc) is 2.97. The van der Waals surface area contributed by atoms with Crippen molar-refractivity contribution in [2.45, 2.75) is 44.6 Å². The van der Waals surface area contributed by atoms with Crippen molar-refractivity contribution in [2.75, 3.05) is 26.2 Å². The van der Waals surface area contributed by atoms with Crippen molar-refractivity contribution in [1.82, 2.24) is 9.80 Å². The van der Waals surface area contributed by atoms with E-state index in [4.69, 9.17) is 0 Å². The van der Waals surface area contributed by atoms with Gasteiger partial charge in [0.25, 0.3) is 5.91 Å². The molecule has 2 aromatic carbocycles.